The Kier molecular flexibility index (Phi) is 5.75. The number of aryl methyl sites for hydroxylation is 1. The van der Waals surface area contributed by atoms with Crippen LogP contribution in [-0.2, 0) is 11.3 Å². The lowest BCUT2D eigenvalue weighted by Crippen LogP contribution is -2.31. The molecule has 8 heteroatoms. The number of hydrogen-bond acceptors (Lipinski definition) is 5. The van der Waals surface area contributed by atoms with Gasteiger partial charge in [-0.15, -0.1) is 0 Å². The van der Waals surface area contributed by atoms with Crippen molar-refractivity contribution >= 4 is 29.1 Å². The van der Waals surface area contributed by atoms with Crippen LogP contribution in [0.1, 0.15) is 38.7 Å². The lowest BCUT2D eigenvalue weighted by atomic mass is 10.2. The molecule has 0 aliphatic rings. The highest BCUT2D eigenvalue weighted by Crippen LogP contribution is 2.16. The summed E-state index contributed by atoms with van der Waals surface area (Å²) in [5, 5.41) is 15.2. The molecular formula is C16H18N2O5S. The van der Waals surface area contributed by atoms with E-state index in [1.807, 2.05) is 5.38 Å². The van der Waals surface area contributed by atoms with Gasteiger partial charge in [-0.25, -0.2) is 4.79 Å². The minimum absolute atomic E-state index is 0.0916. The van der Waals surface area contributed by atoms with E-state index in [9.17, 15) is 14.4 Å². The number of furan rings is 1. The lowest BCUT2D eigenvalue weighted by molar-refractivity contribution is -0.130. The van der Waals surface area contributed by atoms with E-state index in [4.69, 9.17) is 9.52 Å². The molecule has 2 aromatic rings. The Bertz CT molecular complexity index is 736. The lowest BCUT2D eigenvalue weighted by Gasteiger charge is -2.15. The highest BCUT2D eigenvalue weighted by atomic mass is 32.1. The molecule has 0 aliphatic carbocycles. The molecule has 0 spiro atoms. The van der Waals surface area contributed by atoms with Crippen molar-refractivity contribution in [2.75, 3.05) is 13.6 Å². The minimum Gasteiger partial charge on any atom is -0.478 e. The molecule has 0 aromatic carbocycles. The number of aromatic carboxylic acids is 1. The van der Waals surface area contributed by atoms with Gasteiger partial charge in [0.25, 0.3) is 5.91 Å². The number of carboxylic acids is 1. The topological polar surface area (TPSA) is 99.9 Å². The first-order valence-electron chi connectivity index (χ1n) is 7.25. The van der Waals surface area contributed by atoms with Crippen molar-refractivity contribution in [2.24, 2.45) is 0 Å². The van der Waals surface area contributed by atoms with Gasteiger partial charge in [-0.2, -0.15) is 11.3 Å². The molecule has 0 aliphatic heterocycles. The second kappa shape index (κ2) is 7.78. The van der Waals surface area contributed by atoms with E-state index in [0.717, 1.165) is 0 Å². The fourth-order valence-corrected chi connectivity index (χ4v) is 2.76. The van der Waals surface area contributed by atoms with E-state index < -0.39 is 5.97 Å². The number of carbonyl (C=O) groups excluding carboxylic acids is 2. The minimum atomic E-state index is -1.06. The summed E-state index contributed by atoms with van der Waals surface area (Å²) in [7, 11) is 1.60. The van der Waals surface area contributed by atoms with Gasteiger partial charge in [0, 0.05) is 31.0 Å². The van der Waals surface area contributed by atoms with E-state index in [-0.39, 0.29) is 36.9 Å². The fraction of sp³-hybridized carbons (Fsp3) is 0.312. The summed E-state index contributed by atoms with van der Waals surface area (Å²) in [5.74, 6) is -0.733. The summed E-state index contributed by atoms with van der Waals surface area (Å²) in [6.07, 6.45) is 0.151. The van der Waals surface area contributed by atoms with Gasteiger partial charge in [-0.3, -0.25) is 9.59 Å². The largest absolute Gasteiger partial charge is 0.478 e. The molecule has 24 heavy (non-hydrogen) atoms. The summed E-state index contributed by atoms with van der Waals surface area (Å²) in [4.78, 5) is 36.2. The smallest absolute Gasteiger partial charge is 0.339 e. The maximum Gasteiger partial charge on any atom is 0.339 e. The number of carboxylic acid groups (broad SMARTS) is 1. The quantitative estimate of drug-likeness (QED) is 0.797. The number of nitrogens with zero attached hydrogens (tertiary/aromatic N) is 1. The zero-order chi connectivity index (χ0) is 17.7. The van der Waals surface area contributed by atoms with Gasteiger partial charge in [0.15, 0.2) is 0 Å². The van der Waals surface area contributed by atoms with E-state index in [2.05, 4.69) is 5.32 Å². The molecule has 2 rings (SSSR count). The Morgan fingerprint density at radius 2 is 2.12 bits per heavy atom. The van der Waals surface area contributed by atoms with Gasteiger partial charge < -0.3 is 19.7 Å². The second-order valence-corrected chi connectivity index (χ2v) is 6.04. The molecule has 0 atom stereocenters. The predicted molar refractivity (Wildman–Crippen MR) is 88.1 cm³/mol. The molecule has 0 saturated heterocycles. The third kappa shape index (κ3) is 4.45. The van der Waals surface area contributed by atoms with Gasteiger partial charge in [0.1, 0.15) is 17.1 Å². The Morgan fingerprint density at radius 3 is 2.71 bits per heavy atom. The molecule has 7 nitrogen and oxygen atoms in total. The number of nitrogens with one attached hydrogen (secondary N) is 1. The van der Waals surface area contributed by atoms with Gasteiger partial charge in [0.2, 0.25) is 5.91 Å². The van der Waals surface area contributed by atoms with Gasteiger partial charge in [-0.05, 0) is 24.4 Å². The molecule has 2 heterocycles. The van der Waals surface area contributed by atoms with E-state index in [0.29, 0.717) is 17.1 Å². The number of hydrogen-bond donors (Lipinski definition) is 2. The standard InChI is InChI=1S/C16H18N2O5S/c1-10-13(16(21)22)7-12(23-10)8-18(2)14(19)3-5-17-15(20)11-4-6-24-9-11/h4,6-7,9H,3,5,8H2,1-2H3,(H,17,20)(H,21,22). The number of amides is 2. The molecule has 0 saturated carbocycles. The Labute approximate surface area is 142 Å². The number of thiophene rings is 1. The number of carbonyl (C=O) groups is 3. The third-order valence-corrected chi connectivity index (χ3v) is 4.11. The van der Waals surface area contributed by atoms with Crippen LogP contribution in [0.15, 0.2) is 27.3 Å². The first-order chi connectivity index (χ1) is 11.4. The molecular weight excluding hydrogens is 332 g/mol. The fourth-order valence-electron chi connectivity index (χ4n) is 2.13. The van der Waals surface area contributed by atoms with Crippen LogP contribution in [0, 0.1) is 6.92 Å². The van der Waals surface area contributed by atoms with Crippen molar-refractivity contribution in [1.29, 1.82) is 0 Å². The monoisotopic (exact) mass is 350 g/mol. The normalized spacial score (nSPS) is 10.4. The first-order valence-corrected chi connectivity index (χ1v) is 8.19. The zero-order valence-electron chi connectivity index (χ0n) is 13.4. The summed E-state index contributed by atoms with van der Waals surface area (Å²) >= 11 is 1.43. The Hall–Kier alpha value is -2.61. The van der Waals surface area contributed by atoms with Crippen LogP contribution in [-0.4, -0.2) is 41.4 Å². The van der Waals surface area contributed by atoms with Crippen molar-refractivity contribution in [3.05, 3.63) is 45.5 Å². The highest BCUT2D eigenvalue weighted by molar-refractivity contribution is 7.08. The van der Waals surface area contributed by atoms with Crippen LogP contribution >= 0.6 is 11.3 Å². The summed E-state index contributed by atoms with van der Waals surface area (Å²) in [6.45, 7) is 1.97. The molecule has 2 aromatic heterocycles. The van der Waals surface area contributed by atoms with Crippen molar-refractivity contribution in [3.8, 4) is 0 Å². The molecule has 2 amide bonds. The van der Waals surface area contributed by atoms with Crippen molar-refractivity contribution in [1.82, 2.24) is 10.2 Å². The van der Waals surface area contributed by atoms with E-state index in [1.165, 1.54) is 22.3 Å². The number of rotatable bonds is 7. The third-order valence-electron chi connectivity index (χ3n) is 3.43. The Morgan fingerprint density at radius 1 is 1.38 bits per heavy atom. The SMILES string of the molecule is Cc1oc(CN(C)C(=O)CCNC(=O)c2ccsc2)cc1C(=O)O. The first kappa shape index (κ1) is 17.7. The summed E-state index contributed by atoms with van der Waals surface area (Å²) in [5.41, 5.74) is 0.668. The molecule has 2 N–H and O–H groups in total. The molecule has 0 bridgehead atoms. The van der Waals surface area contributed by atoms with E-state index in [1.54, 1.807) is 25.4 Å². The van der Waals surface area contributed by atoms with Crippen molar-refractivity contribution in [2.45, 2.75) is 19.9 Å². The second-order valence-electron chi connectivity index (χ2n) is 5.26. The highest BCUT2D eigenvalue weighted by Gasteiger charge is 2.17. The van der Waals surface area contributed by atoms with Gasteiger partial charge in [-0.1, -0.05) is 0 Å². The van der Waals surface area contributed by atoms with E-state index >= 15 is 0 Å². The molecule has 0 fully saturated rings. The van der Waals surface area contributed by atoms with Crippen LogP contribution in [0.4, 0.5) is 0 Å². The molecule has 0 unspecified atom stereocenters. The average Bonchev–Trinajstić information content (AvgIpc) is 3.16. The van der Waals surface area contributed by atoms with Crippen molar-refractivity contribution < 1.29 is 23.9 Å². The Balaban J connectivity index is 1.81. The zero-order valence-corrected chi connectivity index (χ0v) is 14.2. The van der Waals surface area contributed by atoms with Crippen molar-refractivity contribution in [3.63, 3.8) is 0 Å². The van der Waals surface area contributed by atoms with Crippen LogP contribution in [0.2, 0.25) is 0 Å². The van der Waals surface area contributed by atoms with Gasteiger partial charge in [0.05, 0.1) is 6.54 Å². The van der Waals surface area contributed by atoms with Crippen LogP contribution in [0.5, 0.6) is 0 Å². The van der Waals surface area contributed by atoms with Crippen LogP contribution < -0.4 is 5.32 Å². The molecule has 0 radical (unpaired) electrons. The van der Waals surface area contributed by atoms with Crippen LogP contribution in [0.3, 0.4) is 0 Å². The summed E-state index contributed by atoms with van der Waals surface area (Å²) < 4.78 is 5.35. The maximum absolute atomic E-state index is 12.1. The average molecular weight is 350 g/mol. The predicted octanol–water partition coefficient (Wildman–Crippen LogP) is 2.13. The van der Waals surface area contributed by atoms with Crippen LogP contribution in [0.25, 0.3) is 0 Å². The molecule has 128 valence electrons. The van der Waals surface area contributed by atoms with Gasteiger partial charge >= 0.3 is 5.97 Å². The maximum atomic E-state index is 12.1. The summed E-state index contributed by atoms with van der Waals surface area (Å²) in [6, 6.07) is 3.13.